The molecule has 2 nitrogen and oxygen atoms in total. The van der Waals surface area contributed by atoms with Gasteiger partial charge >= 0.3 is 5.97 Å². The van der Waals surface area contributed by atoms with Crippen LogP contribution in [0.3, 0.4) is 0 Å². The first-order valence-electron chi connectivity index (χ1n) is 6.41. The van der Waals surface area contributed by atoms with Crippen LogP contribution in [0.4, 0.5) is 0 Å². The van der Waals surface area contributed by atoms with E-state index in [0.717, 1.165) is 11.8 Å². The Kier molecular flexibility index (Phi) is 2.02. The lowest BCUT2D eigenvalue weighted by Gasteiger charge is -2.60. The van der Waals surface area contributed by atoms with Gasteiger partial charge in [-0.1, -0.05) is 13.0 Å². The average Bonchev–Trinajstić information content (AvgIpc) is 2.10. The van der Waals surface area contributed by atoms with Crippen molar-refractivity contribution in [1.82, 2.24) is 0 Å². The quantitative estimate of drug-likeness (QED) is 0.725. The molecule has 0 aromatic carbocycles. The molecule has 4 fully saturated rings. The van der Waals surface area contributed by atoms with Crippen molar-refractivity contribution in [3.05, 3.63) is 12.2 Å². The van der Waals surface area contributed by atoms with E-state index in [1.165, 1.54) is 44.6 Å². The lowest BCUT2D eigenvalue weighted by molar-refractivity contribution is -0.131. The second kappa shape index (κ2) is 3.12. The lowest BCUT2D eigenvalue weighted by Crippen LogP contribution is -2.49. The van der Waals surface area contributed by atoms with E-state index in [2.05, 4.69) is 6.92 Å². The van der Waals surface area contributed by atoms with Gasteiger partial charge in [-0.15, -0.1) is 0 Å². The Morgan fingerprint density at radius 3 is 2.38 bits per heavy atom. The lowest BCUT2D eigenvalue weighted by atomic mass is 9.45. The summed E-state index contributed by atoms with van der Waals surface area (Å²) in [6, 6.07) is 0. The molecule has 0 heterocycles. The van der Waals surface area contributed by atoms with Crippen molar-refractivity contribution in [2.24, 2.45) is 22.7 Å². The zero-order chi connectivity index (χ0) is 11.4. The Morgan fingerprint density at radius 2 is 1.88 bits per heavy atom. The average molecular weight is 220 g/mol. The van der Waals surface area contributed by atoms with Crippen molar-refractivity contribution in [2.75, 3.05) is 0 Å². The van der Waals surface area contributed by atoms with E-state index in [9.17, 15) is 4.79 Å². The largest absolute Gasteiger partial charge is 0.478 e. The van der Waals surface area contributed by atoms with Crippen molar-refractivity contribution in [3.63, 3.8) is 0 Å². The molecule has 88 valence electrons. The van der Waals surface area contributed by atoms with E-state index < -0.39 is 5.97 Å². The minimum absolute atomic E-state index is 0.233. The second-order valence-corrected chi connectivity index (χ2v) is 6.81. The third-order valence-corrected chi connectivity index (χ3v) is 4.98. The normalized spacial score (nSPS) is 50.1. The van der Waals surface area contributed by atoms with Gasteiger partial charge in [-0.2, -0.15) is 0 Å². The number of hydrogen-bond acceptors (Lipinski definition) is 1. The Bertz CT molecular complexity index is 342. The van der Waals surface area contributed by atoms with Gasteiger partial charge in [0.1, 0.15) is 0 Å². The zero-order valence-electron chi connectivity index (χ0n) is 9.91. The van der Waals surface area contributed by atoms with Crippen LogP contribution in [0.1, 0.15) is 45.4 Å². The molecule has 2 heteroatoms. The first-order valence-corrected chi connectivity index (χ1v) is 6.41. The van der Waals surface area contributed by atoms with Gasteiger partial charge in [0.2, 0.25) is 0 Å². The molecule has 0 amide bonds. The Hall–Kier alpha value is -0.790. The van der Waals surface area contributed by atoms with Gasteiger partial charge in [0, 0.05) is 6.08 Å². The summed E-state index contributed by atoms with van der Waals surface area (Å²) < 4.78 is 0. The second-order valence-electron chi connectivity index (χ2n) is 6.81. The number of carboxylic acid groups (broad SMARTS) is 1. The topological polar surface area (TPSA) is 37.3 Å². The number of allylic oxidation sites excluding steroid dienone is 1. The van der Waals surface area contributed by atoms with Gasteiger partial charge in [-0.3, -0.25) is 0 Å². The van der Waals surface area contributed by atoms with Crippen LogP contribution in [0, 0.1) is 22.7 Å². The molecule has 2 atom stereocenters. The molecule has 4 saturated carbocycles. The van der Waals surface area contributed by atoms with E-state index in [-0.39, 0.29) is 5.41 Å². The number of rotatable bonds is 2. The van der Waals surface area contributed by atoms with Crippen LogP contribution < -0.4 is 0 Å². The molecular weight excluding hydrogens is 200 g/mol. The minimum atomic E-state index is -0.791. The van der Waals surface area contributed by atoms with Crippen LogP contribution in [0.5, 0.6) is 0 Å². The molecule has 0 radical (unpaired) electrons. The van der Waals surface area contributed by atoms with E-state index >= 15 is 0 Å². The molecule has 4 aliphatic carbocycles. The molecule has 4 rings (SSSR count). The molecule has 0 aromatic rings. The molecule has 0 saturated heterocycles. The molecule has 4 bridgehead atoms. The Balaban J connectivity index is 1.89. The van der Waals surface area contributed by atoms with Crippen molar-refractivity contribution < 1.29 is 9.90 Å². The van der Waals surface area contributed by atoms with Crippen molar-refractivity contribution >= 4 is 5.97 Å². The standard InChI is InChI=1S/C14H20O2/c1-13-5-10-4-11(6-13)8-14(7-10,9-13)3-2-12(15)16/h2-3,10-11H,4-9H2,1H3,(H,15,16)/b3-2+. The fourth-order valence-electron chi connectivity index (χ4n) is 5.24. The minimum Gasteiger partial charge on any atom is -0.478 e. The van der Waals surface area contributed by atoms with Crippen molar-refractivity contribution in [2.45, 2.75) is 45.4 Å². The van der Waals surface area contributed by atoms with E-state index in [1.54, 1.807) is 0 Å². The van der Waals surface area contributed by atoms with E-state index in [1.807, 2.05) is 6.08 Å². The smallest absolute Gasteiger partial charge is 0.327 e. The van der Waals surface area contributed by atoms with Gasteiger partial charge in [-0.25, -0.2) is 4.79 Å². The third kappa shape index (κ3) is 1.59. The van der Waals surface area contributed by atoms with Crippen LogP contribution in [0.15, 0.2) is 12.2 Å². The number of carbonyl (C=O) groups is 1. The Labute approximate surface area is 96.7 Å². The van der Waals surface area contributed by atoms with Gasteiger partial charge in [-0.05, 0) is 61.2 Å². The summed E-state index contributed by atoms with van der Waals surface area (Å²) >= 11 is 0. The Morgan fingerprint density at radius 1 is 1.25 bits per heavy atom. The fourth-order valence-corrected chi connectivity index (χ4v) is 5.24. The molecule has 0 spiro atoms. The fraction of sp³-hybridized carbons (Fsp3) is 0.786. The maximum atomic E-state index is 10.7. The third-order valence-electron chi connectivity index (χ3n) is 4.98. The maximum Gasteiger partial charge on any atom is 0.327 e. The first kappa shape index (κ1) is 10.4. The van der Waals surface area contributed by atoms with Gasteiger partial charge < -0.3 is 5.11 Å². The number of aliphatic carboxylic acids is 1. The summed E-state index contributed by atoms with van der Waals surface area (Å²) in [4.78, 5) is 10.7. The summed E-state index contributed by atoms with van der Waals surface area (Å²) in [5, 5.41) is 8.79. The van der Waals surface area contributed by atoms with Gasteiger partial charge in [0.15, 0.2) is 0 Å². The number of carboxylic acids is 1. The van der Waals surface area contributed by atoms with Crippen LogP contribution in [-0.2, 0) is 4.79 Å². The SMILES string of the molecule is CC12CC3CC(C1)CC(/C=C/C(=O)O)(C3)C2. The molecule has 16 heavy (non-hydrogen) atoms. The van der Waals surface area contributed by atoms with E-state index in [0.29, 0.717) is 5.41 Å². The number of hydrogen-bond donors (Lipinski definition) is 1. The maximum absolute atomic E-state index is 10.7. The zero-order valence-corrected chi connectivity index (χ0v) is 9.91. The van der Waals surface area contributed by atoms with Crippen LogP contribution >= 0.6 is 0 Å². The summed E-state index contributed by atoms with van der Waals surface area (Å²) in [6.07, 6.45) is 11.3. The van der Waals surface area contributed by atoms with Gasteiger partial charge in [0.05, 0.1) is 0 Å². The summed E-state index contributed by atoms with van der Waals surface area (Å²) in [5.74, 6) is 0.940. The van der Waals surface area contributed by atoms with Crippen LogP contribution in [0.25, 0.3) is 0 Å². The van der Waals surface area contributed by atoms with Crippen LogP contribution in [0.2, 0.25) is 0 Å². The highest BCUT2D eigenvalue weighted by Crippen LogP contribution is 2.65. The predicted molar refractivity (Wildman–Crippen MR) is 62.0 cm³/mol. The molecule has 4 aliphatic rings. The first-order chi connectivity index (χ1) is 7.49. The highest BCUT2D eigenvalue weighted by atomic mass is 16.4. The summed E-state index contributed by atoms with van der Waals surface area (Å²) in [7, 11) is 0. The summed E-state index contributed by atoms with van der Waals surface area (Å²) in [6.45, 7) is 2.41. The summed E-state index contributed by atoms with van der Waals surface area (Å²) in [5.41, 5.74) is 0.740. The highest BCUT2D eigenvalue weighted by Gasteiger charge is 2.54. The molecular formula is C14H20O2. The van der Waals surface area contributed by atoms with E-state index in [4.69, 9.17) is 5.11 Å². The highest BCUT2D eigenvalue weighted by molar-refractivity contribution is 5.79. The van der Waals surface area contributed by atoms with Gasteiger partial charge in [0.25, 0.3) is 0 Å². The monoisotopic (exact) mass is 220 g/mol. The molecule has 0 aliphatic heterocycles. The van der Waals surface area contributed by atoms with Crippen molar-refractivity contribution in [1.29, 1.82) is 0 Å². The molecule has 0 aromatic heterocycles. The molecule has 2 unspecified atom stereocenters. The van der Waals surface area contributed by atoms with Crippen LogP contribution in [-0.4, -0.2) is 11.1 Å². The van der Waals surface area contributed by atoms with Crippen molar-refractivity contribution in [3.8, 4) is 0 Å². The molecule has 1 N–H and O–H groups in total. The predicted octanol–water partition coefficient (Wildman–Crippen LogP) is 3.23.